The monoisotopic (exact) mass is 462 g/mol. The highest BCUT2D eigenvalue weighted by molar-refractivity contribution is 5.94. The van der Waals surface area contributed by atoms with Crippen molar-refractivity contribution < 1.29 is 14.3 Å². The van der Waals surface area contributed by atoms with Gasteiger partial charge in [-0.15, -0.1) is 5.10 Å². The fourth-order valence-corrected chi connectivity index (χ4v) is 3.39. The molecular weight excluding hydrogens is 436 g/mol. The van der Waals surface area contributed by atoms with Crippen molar-refractivity contribution in [2.45, 2.75) is 45.4 Å². The van der Waals surface area contributed by atoms with E-state index in [0.29, 0.717) is 29.2 Å². The van der Waals surface area contributed by atoms with E-state index < -0.39 is 6.04 Å². The van der Waals surface area contributed by atoms with Crippen molar-refractivity contribution in [3.63, 3.8) is 0 Å². The van der Waals surface area contributed by atoms with Crippen molar-refractivity contribution in [2.75, 3.05) is 6.54 Å². The molecule has 0 spiro atoms. The molecule has 0 aliphatic heterocycles. The molecule has 2 aromatic carbocycles. The number of nitroso groups, excluding NO2 is 1. The normalized spacial score (nSPS) is 13.7. The SMILES string of the molecule is CCNC(=O)c1ccc(-n2nnc(C(=O)NC3CC3)c2COc2cccc(C(C)N=O)c2)cc1. The molecule has 1 heterocycles. The van der Waals surface area contributed by atoms with E-state index in [0.717, 1.165) is 18.4 Å². The number of benzene rings is 2. The molecule has 10 heteroatoms. The second kappa shape index (κ2) is 10.2. The summed E-state index contributed by atoms with van der Waals surface area (Å²) in [6.07, 6.45) is 1.89. The van der Waals surface area contributed by atoms with Gasteiger partial charge in [-0.2, -0.15) is 4.91 Å². The maximum Gasteiger partial charge on any atom is 0.274 e. The second-order valence-electron chi connectivity index (χ2n) is 8.09. The first-order chi connectivity index (χ1) is 16.5. The third-order valence-corrected chi connectivity index (χ3v) is 5.48. The second-order valence-corrected chi connectivity index (χ2v) is 8.09. The summed E-state index contributed by atoms with van der Waals surface area (Å²) in [5, 5.41) is 17.0. The van der Waals surface area contributed by atoms with Gasteiger partial charge in [0.1, 0.15) is 24.1 Å². The van der Waals surface area contributed by atoms with Crippen molar-refractivity contribution >= 4 is 11.8 Å². The Labute approximate surface area is 196 Å². The van der Waals surface area contributed by atoms with E-state index in [1.807, 2.05) is 6.92 Å². The summed E-state index contributed by atoms with van der Waals surface area (Å²) < 4.78 is 7.50. The molecule has 0 saturated heterocycles. The molecule has 1 atom stereocenters. The minimum absolute atomic E-state index is 0.0187. The van der Waals surface area contributed by atoms with Crippen LogP contribution in [0, 0.1) is 4.91 Å². The zero-order valence-corrected chi connectivity index (χ0v) is 19.0. The number of nitrogens with zero attached hydrogens (tertiary/aromatic N) is 4. The number of hydrogen-bond acceptors (Lipinski definition) is 7. The lowest BCUT2D eigenvalue weighted by atomic mass is 10.1. The van der Waals surface area contributed by atoms with Gasteiger partial charge in [0.2, 0.25) is 0 Å². The minimum atomic E-state index is -0.501. The maximum absolute atomic E-state index is 12.8. The maximum atomic E-state index is 12.8. The molecule has 1 fully saturated rings. The van der Waals surface area contributed by atoms with E-state index >= 15 is 0 Å². The number of rotatable bonds is 10. The zero-order chi connectivity index (χ0) is 24.1. The van der Waals surface area contributed by atoms with Crippen LogP contribution >= 0.6 is 0 Å². The molecule has 1 aliphatic carbocycles. The predicted octanol–water partition coefficient (Wildman–Crippen LogP) is 3.32. The van der Waals surface area contributed by atoms with Crippen molar-refractivity contribution in [2.24, 2.45) is 5.18 Å². The molecule has 1 unspecified atom stereocenters. The van der Waals surface area contributed by atoms with E-state index in [1.54, 1.807) is 55.5 Å². The van der Waals surface area contributed by atoms with E-state index in [1.165, 1.54) is 4.68 Å². The van der Waals surface area contributed by atoms with E-state index in [4.69, 9.17) is 4.74 Å². The first-order valence-electron chi connectivity index (χ1n) is 11.2. The van der Waals surface area contributed by atoms with Gasteiger partial charge < -0.3 is 15.4 Å². The van der Waals surface area contributed by atoms with E-state index in [-0.39, 0.29) is 30.2 Å². The summed E-state index contributed by atoms with van der Waals surface area (Å²) in [6, 6.07) is 13.6. The van der Waals surface area contributed by atoms with Crippen LogP contribution in [0.1, 0.15) is 64.8 Å². The summed E-state index contributed by atoms with van der Waals surface area (Å²) in [5.74, 6) is 0.0549. The number of amides is 2. The Hall–Kier alpha value is -4.08. The number of nitrogens with one attached hydrogen (secondary N) is 2. The number of ether oxygens (including phenoxy) is 1. The standard InChI is InChI=1S/C24H26N6O4/c1-3-25-23(31)16-7-11-19(12-8-16)30-21(22(27-29-30)24(32)26-18-9-10-18)14-34-20-6-4-5-17(13-20)15(2)28-33/h4-8,11-13,15,18H,3,9-10,14H2,1-2H3,(H,25,31)(H,26,32). The Bertz CT molecular complexity index is 1190. The Morgan fingerprint density at radius 1 is 1.18 bits per heavy atom. The summed E-state index contributed by atoms with van der Waals surface area (Å²) >= 11 is 0. The quantitative estimate of drug-likeness (QED) is 0.445. The van der Waals surface area contributed by atoms with Crippen LogP contribution in [0.3, 0.4) is 0 Å². The molecule has 10 nitrogen and oxygen atoms in total. The lowest BCUT2D eigenvalue weighted by molar-refractivity contribution is 0.0939. The summed E-state index contributed by atoms with van der Waals surface area (Å²) in [6.45, 7) is 4.11. The van der Waals surface area contributed by atoms with E-state index in [2.05, 4.69) is 26.1 Å². The van der Waals surface area contributed by atoms with Crippen LogP contribution in [-0.2, 0) is 6.61 Å². The van der Waals surface area contributed by atoms with Crippen LogP contribution < -0.4 is 15.4 Å². The van der Waals surface area contributed by atoms with Gasteiger partial charge in [0, 0.05) is 18.2 Å². The van der Waals surface area contributed by atoms with Crippen LogP contribution in [0.4, 0.5) is 0 Å². The van der Waals surface area contributed by atoms with Gasteiger partial charge in [-0.05, 0) is 68.7 Å². The van der Waals surface area contributed by atoms with Gasteiger partial charge in [-0.3, -0.25) is 9.59 Å². The first kappa shape index (κ1) is 23.1. The topological polar surface area (TPSA) is 128 Å². The van der Waals surface area contributed by atoms with Crippen molar-refractivity contribution in [1.29, 1.82) is 0 Å². The Morgan fingerprint density at radius 2 is 1.94 bits per heavy atom. The average Bonchev–Trinajstić information content (AvgIpc) is 3.57. The highest BCUT2D eigenvalue weighted by Gasteiger charge is 2.28. The third kappa shape index (κ3) is 5.28. The lowest BCUT2D eigenvalue weighted by Gasteiger charge is -2.12. The van der Waals surface area contributed by atoms with Gasteiger partial charge in [0.25, 0.3) is 11.8 Å². The number of hydrogen-bond donors (Lipinski definition) is 2. The van der Waals surface area contributed by atoms with Crippen LogP contribution in [0.2, 0.25) is 0 Å². The smallest absolute Gasteiger partial charge is 0.274 e. The summed E-state index contributed by atoms with van der Waals surface area (Å²) in [7, 11) is 0. The molecule has 1 aliphatic rings. The average molecular weight is 463 g/mol. The largest absolute Gasteiger partial charge is 0.487 e. The number of aromatic nitrogens is 3. The molecule has 176 valence electrons. The van der Waals surface area contributed by atoms with Crippen molar-refractivity contribution in [3.05, 3.63) is 76.0 Å². The molecule has 1 saturated carbocycles. The van der Waals surface area contributed by atoms with Crippen molar-refractivity contribution in [1.82, 2.24) is 25.6 Å². The van der Waals surface area contributed by atoms with Gasteiger partial charge in [0.05, 0.1) is 5.69 Å². The number of carbonyl (C=O) groups excluding carboxylic acids is 2. The molecule has 4 rings (SSSR count). The van der Waals surface area contributed by atoms with Crippen LogP contribution in [-0.4, -0.2) is 39.4 Å². The van der Waals surface area contributed by atoms with Gasteiger partial charge >= 0.3 is 0 Å². The molecule has 0 bridgehead atoms. The van der Waals surface area contributed by atoms with Crippen LogP contribution in [0.15, 0.2) is 53.7 Å². The Kier molecular flexibility index (Phi) is 6.95. The molecule has 2 N–H and O–H groups in total. The Balaban J connectivity index is 1.61. The number of carbonyl (C=O) groups is 2. The molecule has 0 radical (unpaired) electrons. The van der Waals surface area contributed by atoms with Crippen molar-refractivity contribution in [3.8, 4) is 11.4 Å². The molecule has 1 aromatic heterocycles. The van der Waals surface area contributed by atoms with Gasteiger partial charge in [-0.1, -0.05) is 22.5 Å². The highest BCUT2D eigenvalue weighted by atomic mass is 16.5. The van der Waals surface area contributed by atoms with E-state index in [9.17, 15) is 14.5 Å². The molecular formula is C24H26N6O4. The predicted molar refractivity (Wildman–Crippen MR) is 125 cm³/mol. The zero-order valence-electron chi connectivity index (χ0n) is 19.0. The first-order valence-corrected chi connectivity index (χ1v) is 11.2. The van der Waals surface area contributed by atoms with Crippen LogP contribution in [0.5, 0.6) is 5.75 Å². The summed E-state index contributed by atoms with van der Waals surface area (Å²) in [5.41, 5.74) is 2.53. The minimum Gasteiger partial charge on any atom is -0.487 e. The molecule has 3 aromatic rings. The lowest BCUT2D eigenvalue weighted by Crippen LogP contribution is -2.27. The molecule has 34 heavy (non-hydrogen) atoms. The molecule has 2 amide bonds. The van der Waals surface area contributed by atoms with Gasteiger partial charge in [-0.25, -0.2) is 4.68 Å². The Morgan fingerprint density at radius 3 is 2.62 bits per heavy atom. The highest BCUT2D eigenvalue weighted by Crippen LogP contribution is 2.24. The van der Waals surface area contributed by atoms with Gasteiger partial charge in [0.15, 0.2) is 5.69 Å². The summed E-state index contributed by atoms with van der Waals surface area (Å²) in [4.78, 5) is 35.8. The third-order valence-electron chi connectivity index (χ3n) is 5.48. The van der Waals surface area contributed by atoms with Crippen LogP contribution in [0.25, 0.3) is 5.69 Å². The fourth-order valence-electron chi connectivity index (χ4n) is 3.39. The fraction of sp³-hybridized carbons (Fsp3) is 0.333.